The molecule has 0 bridgehead atoms. The van der Waals surface area contributed by atoms with Gasteiger partial charge in [0.1, 0.15) is 12.4 Å². The second-order valence-electron chi connectivity index (χ2n) is 5.69. The second kappa shape index (κ2) is 9.81. The van der Waals surface area contributed by atoms with Gasteiger partial charge in [0.2, 0.25) is 0 Å². The minimum atomic E-state index is 0. The van der Waals surface area contributed by atoms with Gasteiger partial charge in [-0.15, -0.1) is 35.3 Å². The quantitative estimate of drug-likeness (QED) is 0.313. The summed E-state index contributed by atoms with van der Waals surface area (Å²) < 4.78 is 5.67. The zero-order valence-electron chi connectivity index (χ0n) is 14.3. The fraction of sp³-hybridized carbons (Fsp3) is 0.412. The highest BCUT2D eigenvalue weighted by atomic mass is 127. The molecule has 0 atom stereocenters. The summed E-state index contributed by atoms with van der Waals surface area (Å²) in [5.41, 5.74) is 7.32. The van der Waals surface area contributed by atoms with Crippen LogP contribution in [0.5, 0.6) is 5.75 Å². The van der Waals surface area contributed by atoms with E-state index in [1.165, 1.54) is 5.56 Å². The Morgan fingerprint density at radius 3 is 2.60 bits per heavy atom. The number of halogens is 1. The van der Waals surface area contributed by atoms with E-state index in [9.17, 15) is 0 Å². The van der Waals surface area contributed by atoms with Crippen LogP contribution in [0.2, 0.25) is 0 Å². The number of aliphatic imine (C=N–C) groups is 1. The van der Waals surface area contributed by atoms with E-state index >= 15 is 0 Å². The standard InChI is InChI=1S/C17H23N5OS.HI/c1-14-2-4-15(5-3-14)23-12-6-19-16(18)21-8-10-22(11-9-21)17-20-7-13-24-17;/h2-5,7,13H,6,8-12H2,1H3,(H2,18,19);1H. The van der Waals surface area contributed by atoms with E-state index in [0.29, 0.717) is 19.1 Å². The normalized spacial score (nSPS) is 15.0. The third kappa shape index (κ3) is 5.74. The smallest absolute Gasteiger partial charge is 0.191 e. The predicted molar refractivity (Wildman–Crippen MR) is 114 cm³/mol. The highest BCUT2D eigenvalue weighted by molar-refractivity contribution is 14.0. The van der Waals surface area contributed by atoms with Gasteiger partial charge in [0.15, 0.2) is 11.1 Å². The molecule has 3 rings (SSSR count). The van der Waals surface area contributed by atoms with Gasteiger partial charge in [0, 0.05) is 37.8 Å². The average molecular weight is 473 g/mol. The average Bonchev–Trinajstić information content (AvgIpc) is 3.15. The Morgan fingerprint density at radius 2 is 1.96 bits per heavy atom. The van der Waals surface area contributed by atoms with Crippen LogP contribution in [0, 0.1) is 6.92 Å². The molecule has 1 saturated heterocycles. The molecule has 2 aromatic rings. The first-order valence-electron chi connectivity index (χ1n) is 8.11. The minimum Gasteiger partial charge on any atom is -0.492 e. The van der Waals surface area contributed by atoms with Crippen LogP contribution in [0.1, 0.15) is 5.56 Å². The van der Waals surface area contributed by atoms with E-state index in [2.05, 4.69) is 26.7 Å². The van der Waals surface area contributed by atoms with Crippen molar-refractivity contribution in [3.8, 4) is 5.75 Å². The van der Waals surface area contributed by atoms with Crippen molar-refractivity contribution in [1.82, 2.24) is 9.88 Å². The minimum absolute atomic E-state index is 0. The van der Waals surface area contributed by atoms with Crippen molar-refractivity contribution in [2.75, 3.05) is 44.2 Å². The maximum atomic E-state index is 6.10. The summed E-state index contributed by atoms with van der Waals surface area (Å²) in [6.45, 7) is 6.73. The molecule has 1 aromatic heterocycles. The highest BCUT2D eigenvalue weighted by Gasteiger charge is 2.19. The zero-order chi connectivity index (χ0) is 16.8. The van der Waals surface area contributed by atoms with E-state index in [-0.39, 0.29) is 24.0 Å². The number of aryl methyl sites for hydroxylation is 1. The van der Waals surface area contributed by atoms with Crippen LogP contribution < -0.4 is 15.4 Å². The van der Waals surface area contributed by atoms with E-state index in [1.54, 1.807) is 11.3 Å². The second-order valence-corrected chi connectivity index (χ2v) is 6.56. The molecule has 1 aliphatic heterocycles. The Morgan fingerprint density at radius 1 is 1.24 bits per heavy atom. The molecule has 25 heavy (non-hydrogen) atoms. The molecule has 2 N–H and O–H groups in total. The van der Waals surface area contributed by atoms with Gasteiger partial charge in [-0.25, -0.2) is 9.98 Å². The van der Waals surface area contributed by atoms with Crippen molar-refractivity contribution in [2.24, 2.45) is 10.7 Å². The number of aromatic nitrogens is 1. The summed E-state index contributed by atoms with van der Waals surface area (Å²) >= 11 is 1.67. The van der Waals surface area contributed by atoms with Gasteiger partial charge in [-0.05, 0) is 19.1 Å². The molecule has 0 spiro atoms. The van der Waals surface area contributed by atoms with Gasteiger partial charge in [0.05, 0.1) is 6.54 Å². The number of anilines is 1. The molecule has 2 heterocycles. The van der Waals surface area contributed by atoms with Crippen LogP contribution in [-0.4, -0.2) is 55.2 Å². The number of hydrogen-bond donors (Lipinski definition) is 1. The molecular weight excluding hydrogens is 449 g/mol. The van der Waals surface area contributed by atoms with Crippen molar-refractivity contribution in [2.45, 2.75) is 6.92 Å². The summed E-state index contributed by atoms with van der Waals surface area (Å²) in [7, 11) is 0. The molecule has 136 valence electrons. The van der Waals surface area contributed by atoms with Crippen molar-refractivity contribution in [3.63, 3.8) is 0 Å². The number of thiazole rings is 1. The molecule has 0 aliphatic carbocycles. The number of ether oxygens (including phenoxy) is 1. The molecule has 1 aliphatic rings. The van der Waals surface area contributed by atoms with Crippen LogP contribution in [-0.2, 0) is 0 Å². The van der Waals surface area contributed by atoms with Crippen molar-refractivity contribution >= 4 is 46.4 Å². The highest BCUT2D eigenvalue weighted by Crippen LogP contribution is 2.18. The molecule has 0 unspecified atom stereocenters. The number of hydrogen-bond acceptors (Lipinski definition) is 5. The van der Waals surface area contributed by atoms with E-state index < -0.39 is 0 Å². The SMILES string of the molecule is Cc1ccc(OCCN=C(N)N2CCN(c3nccs3)CC2)cc1.I. The Bertz CT molecular complexity index is 654. The van der Waals surface area contributed by atoms with Crippen molar-refractivity contribution in [3.05, 3.63) is 41.4 Å². The van der Waals surface area contributed by atoms with Gasteiger partial charge in [0.25, 0.3) is 0 Å². The first kappa shape index (κ1) is 19.8. The molecule has 8 heteroatoms. The van der Waals surface area contributed by atoms with Crippen LogP contribution in [0.3, 0.4) is 0 Å². The molecule has 1 fully saturated rings. The third-order valence-electron chi connectivity index (χ3n) is 3.95. The number of benzene rings is 1. The van der Waals surface area contributed by atoms with Gasteiger partial charge in [-0.2, -0.15) is 0 Å². The fourth-order valence-electron chi connectivity index (χ4n) is 2.56. The number of piperazine rings is 1. The van der Waals surface area contributed by atoms with Gasteiger partial charge in [-0.1, -0.05) is 17.7 Å². The maximum Gasteiger partial charge on any atom is 0.191 e. The van der Waals surface area contributed by atoms with E-state index in [4.69, 9.17) is 10.5 Å². The van der Waals surface area contributed by atoms with Gasteiger partial charge >= 0.3 is 0 Å². The monoisotopic (exact) mass is 473 g/mol. The first-order chi connectivity index (χ1) is 11.7. The van der Waals surface area contributed by atoms with Gasteiger partial charge in [-0.3, -0.25) is 0 Å². The van der Waals surface area contributed by atoms with Crippen LogP contribution in [0.15, 0.2) is 40.8 Å². The van der Waals surface area contributed by atoms with Crippen LogP contribution in [0.25, 0.3) is 0 Å². The Kier molecular flexibility index (Phi) is 7.76. The molecule has 1 aromatic carbocycles. The predicted octanol–water partition coefficient (Wildman–Crippen LogP) is 2.59. The summed E-state index contributed by atoms with van der Waals surface area (Å²) in [6.07, 6.45) is 1.84. The zero-order valence-corrected chi connectivity index (χ0v) is 17.4. The topological polar surface area (TPSA) is 67.0 Å². The Balaban J connectivity index is 0.00000225. The first-order valence-corrected chi connectivity index (χ1v) is 8.99. The maximum absolute atomic E-state index is 6.10. The summed E-state index contributed by atoms with van der Waals surface area (Å²) in [5, 5.41) is 3.09. The molecular formula is C17H24IN5OS. The van der Waals surface area contributed by atoms with Crippen LogP contribution in [0.4, 0.5) is 5.13 Å². The van der Waals surface area contributed by atoms with E-state index in [0.717, 1.165) is 37.1 Å². The van der Waals surface area contributed by atoms with E-state index in [1.807, 2.05) is 35.8 Å². The largest absolute Gasteiger partial charge is 0.492 e. The molecule has 0 amide bonds. The molecule has 6 nitrogen and oxygen atoms in total. The summed E-state index contributed by atoms with van der Waals surface area (Å²) in [5.74, 6) is 1.47. The Hall–Kier alpha value is -1.55. The lowest BCUT2D eigenvalue weighted by molar-refractivity contribution is 0.326. The van der Waals surface area contributed by atoms with Crippen molar-refractivity contribution < 1.29 is 4.74 Å². The summed E-state index contributed by atoms with van der Waals surface area (Å²) in [6, 6.07) is 8.02. The lowest BCUT2D eigenvalue weighted by Gasteiger charge is -2.35. The van der Waals surface area contributed by atoms with Gasteiger partial charge < -0.3 is 20.3 Å². The third-order valence-corrected chi connectivity index (χ3v) is 4.78. The van der Waals surface area contributed by atoms with Crippen LogP contribution >= 0.6 is 35.3 Å². The molecule has 0 radical (unpaired) electrons. The number of nitrogens with two attached hydrogens (primary N) is 1. The molecule has 0 saturated carbocycles. The van der Waals surface area contributed by atoms with Crippen molar-refractivity contribution in [1.29, 1.82) is 0 Å². The summed E-state index contributed by atoms with van der Waals surface area (Å²) in [4.78, 5) is 13.2. The lowest BCUT2D eigenvalue weighted by atomic mass is 10.2. The number of guanidine groups is 1. The Labute approximate surface area is 169 Å². The lowest BCUT2D eigenvalue weighted by Crippen LogP contribution is -2.51. The number of nitrogens with zero attached hydrogens (tertiary/aromatic N) is 4. The fourth-order valence-corrected chi connectivity index (χ4v) is 3.25. The number of rotatable bonds is 5.